The topological polar surface area (TPSA) is 47.4 Å². The fourth-order valence-corrected chi connectivity index (χ4v) is 4.13. The second kappa shape index (κ2) is 10.6. The van der Waals surface area contributed by atoms with E-state index in [1.807, 2.05) is 66.4 Å². The van der Waals surface area contributed by atoms with Gasteiger partial charge in [-0.05, 0) is 43.0 Å². The highest BCUT2D eigenvalue weighted by Gasteiger charge is 2.14. The number of thiophene rings is 1. The summed E-state index contributed by atoms with van der Waals surface area (Å²) in [6.07, 6.45) is 3.48. The van der Waals surface area contributed by atoms with Crippen LogP contribution in [0.4, 0.5) is 0 Å². The first-order chi connectivity index (χ1) is 14.5. The minimum atomic E-state index is -0.0434. The van der Waals surface area contributed by atoms with E-state index in [1.54, 1.807) is 29.4 Å². The van der Waals surface area contributed by atoms with Crippen LogP contribution in [-0.2, 0) is 22.6 Å². The van der Waals surface area contributed by atoms with Crippen LogP contribution >= 0.6 is 22.9 Å². The second-order valence-electron chi connectivity index (χ2n) is 7.00. The van der Waals surface area contributed by atoms with Crippen molar-refractivity contribution >= 4 is 34.9 Å². The molecule has 0 aliphatic carbocycles. The van der Waals surface area contributed by atoms with E-state index in [9.17, 15) is 4.79 Å². The van der Waals surface area contributed by atoms with Crippen molar-refractivity contribution in [2.75, 3.05) is 20.3 Å². The third-order valence-electron chi connectivity index (χ3n) is 4.91. The van der Waals surface area contributed by atoms with Crippen LogP contribution in [0, 0.1) is 13.8 Å². The van der Waals surface area contributed by atoms with E-state index < -0.39 is 0 Å². The molecule has 1 aromatic carbocycles. The number of hydrogen-bond donors (Lipinski definition) is 0. The predicted molar refractivity (Wildman–Crippen MR) is 123 cm³/mol. The minimum Gasteiger partial charge on any atom is -0.383 e. The number of aromatic nitrogens is 2. The van der Waals surface area contributed by atoms with Gasteiger partial charge >= 0.3 is 0 Å². The molecule has 0 saturated heterocycles. The van der Waals surface area contributed by atoms with Crippen molar-refractivity contribution < 1.29 is 9.53 Å². The first kappa shape index (κ1) is 22.3. The highest BCUT2D eigenvalue weighted by molar-refractivity contribution is 7.09. The maximum Gasteiger partial charge on any atom is 0.246 e. The van der Waals surface area contributed by atoms with Crippen LogP contribution in [0.25, 0.3) is 6.08 Å². The molecule has 0 atom stereocenters. The third-order valence-corrected chi connectivity index (χ3v) is 6.14. The lowest BCUT2D eigenvalue weighted by Crippen LogP contribution is -2.31. The Kier molecular flexibility index (Phi) is 7.85. The molecule has 3 rings (SSSR count). The molecule has 2 aromatic heterocycles. The SMILES string of the molecule is COCCN(Cc1cccs1)C(=O)/C=C/c1c(C)nn(Cc2ccccc2Cl)c1C. The number of hydrogen-bond acceptors (Lipinski definition) is 4. The molecule has 0 radical (unpaired) electrons. The summed E-state index contributed by atoms with van der Waals surface area (Å²) in [5.74, 6) is -0.0434. The number of carbonyl (C=O) groups excluding carboxylic acids is 1. The zero-order chi connectivity index (χ0) is 21.5. The van der Waals surface area contributed by atoms with Crippen LogP contribution in [-0.4, -0.2) is 40.8 Å². The van der Waals surface area contributed by atoms with Gasteiger partial charge in [-0.25, -0.2) is 0 Å². The Hall–Kier alpha value is -2.41. The van der Waals surface area contributed by atoms with Crippen molar-refractivity contribution in [2.24, 2.45) is 0 Å². The fraction of sp³-hybridized carbons (Fsp3) is 0.304. The van der Waals surface area contributed by atoms with Crippen molar-refractivity contribution in [1.29, 1.82) is 0 Å². The van der Waals surface area contributed by atoms with Gasteiger partial charge in [-0.15, -0.1) is 11.3 Å². The van der Waals surface area contributed by atoms with Gasteiger partial charge in [0.1, 0.15) is 0 Å². The van der Waals surface area contributed by atoms with E-state index in [1.165, 1.54) is 0 Å². The summed E-state index contributed by atoms with van der Waals surface area (Å²) in [6.45, 7) is 6.17. The standard InChI is InChI=1S/C23H26ClN3O2S/c1-17-21(18(2)27(25-17)15-19-7-4-5-9-22(19)24)10-11-23(28)26(12-13-29-3)16-20-8-6-14-30-20/h4-11,14H,12-13,15-16H2,1-3H3/b11-10+. The molecule has 7 heteroatoms. The smallest absolute Gasteiger partial charge is 0.246 e. The molecule has 0 bridgehead atoms. The largest absolute Gasteiger partial charge is 0.383 e. The number of halogens is 1. The van der Waals surface area contributed by atoms with Crippen LogP contribution in [0.5, 0.6) is 0 Å². The van der Waals surface area contributed by atoms with Crippen molar-refractivity contribution in [3.63, 3.8) is 0 Å². The summed E-state index contributed by atoms with van der Waals surface area (Å²) < 4.78 is 7.10. The summed E-state index contributed by atoms with van der Waals surface area (Å²) in [7, 11) is 1.64. The Morgan fingerprint density at radius 3 is 2.77 bits per heavy atom. The van der Waals surface area contributed by atoms with Gasteiger partial charge in [0.2, 0.25) is 5.91 Å². The molecule has 0 aliphatic heterocycles. The number of amides is 1. The number of nitrogens with zero attached hydrogens (tertiary/aromatic N) is 3. The van der Waals surface area contributed by atoms with Crippen LogP contribution in [0.2, 0.25) is 5.02 Å². The van der Waals surface area contributed by atoms with E-state index in [4.69, 9.17) is 16.3 Å². The first-order valence-corrected chi connectivity index (χ1v) is 11.0. The molecular formula is C23H26ClN3O2S. The van der Waals surface area contributed by atoms with E-state index in [0.717, 1.165) is 32.4 Å². The number of carbonyl (C=O) groups is 1. The Morgan fingerprint density at radius 1 is 1.27 bits per heavy atom. The van der Waals surface area contributed by atoms with Gasteiger partial charge in [0.25, 0.3) is 0 Å². The molecule has 3 aromatic rings. The Morgan fingerprint density at radius 2 is 2.07 bits per heavy atom. The molecule has 30 heavy (non-hydrogen) atoms. The van der Waals surface area contributed by atoms with Crippen LogP contribution in [0.15, 0.2) is 47.9 Å². The Labute approximate surface area is 186 Å². The highest BCUT2D eigenvalue weighted by Crippen LogP contribution is 2.20. The molecule has 0 aliphatic rings. The first-order valence-electron chi connectivity index (χ1n) is 9.75. The quantitative estimate of drug-likeness (QED) is 0.439. The minimum absolute atomic E-state index is 0.0434. The number of ether oxygens (including phenoxy) is 1. The molecule has 2 heterocycles. The van der Waals surface area contributed by atoms with Gasteiger partial charge < -0.3 is 9.64 Å². The molecule has 0 unspecified atom stereocenters. The van der Waals surface area contributed by atoms with Crippen molar-refractivity contribution in [2.45, 2.75) is 26.9 Å². The molecule has 0 fully saturated rings. The summed E-state index contributed by atoms with van der Waals surface area (Å²) in [5, 5.41) is 7.38. The van der Waals surface area contributed by atoms with Crippen molar-refractivity contribution in [3.8, 4) is 0 Å². The van der Waals surface area contributed by atoms with E-state index in [0.29, 0.717) is 26.2 Å². The van der Waals surface area contributed by atoms with Crippen LogP contribution in [0.3, 0.4) is 0 Å². The molecule has 0 N–H and O–H groups in total. The second-order valence-corrected chi connectivity index (χ2v) is 8.44. The van der Waals surface area contributed by atoms with Gasteiger partial charge in [-0.1, -0.05) is 35.9 Å². The van der Waals surface area contributed by atoms with Gasteiger partial charge in [-0.3, -0.25) is 9.48 Å². The summed E-state index contributed by atoms with van der Waals surface area (Å²) >= 11 is 7.94. The van der Waals surface area contributed by atoms with Crippen LogP contribution < -0.4 is 0 Å². The fourth-order valence-electron chi connectivity index (χ4n) is 3.21. The Balaban J connectivity index is 1.76. The molecule has 5 nitrogen and oxygen atoms in total. The number of benzene rings is 1. The lowest BCUT2D eigenvalue weighted by atomic mass is 10.1. The summed E-state index contributed by atoms with van der Waals surface area (Å²) in [4.78, 5) is 15.8. The maximum atomic E-state index is 12.9. The zero-order valence-corrected chi connectivity index (χ0v) is 19.0. The summed E-state index contributed by atoms with van der Waals surface area (Å²) in [5.41, 5.74) is 3.85. The van der Waals surface area contributed by atoms with Crippen LogP contribution in [0.1, 0.15) is 27.4 Å². The Bertz CT molecular complexity index is 1010. The maximum absolute atomic E-state index is 12.9. The number of rotatable bonds is 9. The summed E-state index contributed by atoms with van der Waals surface area (Å²) in [6, 6.07) is 11.8. The predicted octanol–water partition coefficient (Wildman–Crippen LogP) is 4.95. The van der Waals surface area contributed by atoms with Gasteiger partial charge in [0, 0.05) is 40.9 Å². The van der Waals surface area contributed by atoms with E-state index in [-0.39, 0.29) is 5.91 Å². The zero-order valence-electron chi connectivity index (χ0n) is 17.5. The average Bonchev–Trinajstić information content (AvgIpc) is 3.33. The normalized spacial score (nSPS) is 11.3. The van der Waals surface area contributed by atoms with Crippen molar-refractivity contribution in [1.82, 2.24) is 14.7 Å². The molecular weight excluding hydrogens is 418 g/mol. The van der Waals surface area contributed by atoms with E-state index >= 15 is 0 Å². The molecule has 0 spiro atoms. The molecule has 1 amide bonds. The average molecular weight is 444 g/mol. The highest BCUT2D eigenvalue weighted by atomic mass is 35.5. The lowest BCUT2D eigenvalue weighted by molar-refractivity contribution is -0.127. The van der Waals surface area contributed by atoms with Gasteiger partial charge in [-0.2, -0.15) is 5.10 Å². The van der Waals surface area contributed by atoms with E-state index in [2.05, 4.69) is 5.10 Å². The van der Waals surface area contributed by atoms with Gasteiger partial charge in [0.05, 0.1) is 25.4 Å². The number of methoxy groups -OCH3 is 1. The monoisotopic (exact) mass is 443 g/mol. The number of aryl methyl sites for hydroxylation is 1. The molecule has 158 valence electrons. The third kappa shape index (κ3) is 5.59. The van der Waals surface area contributed by atoms with Crippen molar-refractivity contribution in [3.05, 3.63) is 80.3 Å². The van der Waals surface area contributed by atoms with Gasteiger partial charge in [0.15, 0.2) is 0 Å². The lowest BCUT2D eigenvalue weighted by Gasteiger charge is -2.20. The molecule has 0 saturated carbocycles.